The lowest BCUT2D eigenvalue weighted by Gasteiger charge is -2.31. The van der Waals surface area contributed by atoms with Gasteiger partial charge in [0.05, 0.1) is 6.26 Å². The van der Waals surface area contributed by atoms with E-state index in [0.717, 1.165) is 6.26 Å². The standard InChI is InChI=1S/C16H22N2O4S/c1-3-15(19)12-8-10-18(11-9-12)16(20)13-4-6-14(7-5-13)17-23(2,21)22/h4-7,12,17H,3,8-11H2,1-2H3. The molecule has 23 heavy (non-hydrogen) atoms. The minimum Gasteiger partial charge on any atom is -0.339 e. The Labute approximate surface area is 136 Å². The minimum atomic E-state index is -3.32. The molecule has 0 unspecified atom stereocenters. The van der Waals surface area contributed by atoms with Gasteiger partial charge in [-0.15, -0.1) is 0 Å². The molecule has 6 nitrogen and oxygen atoms in total. The quantitative estimate of drug-likeness (QED) is 0.888. The molecule has 1 aromatic rings. The van der Waals surface area contributed by atoms with Crippen molar-refractivity contribution in [3.63, 3.8) is 0 Å². The Morgan fingerprint density at radius 1 is 1.17 bits per heavy atom. The molecule has 0 atom stereocenters. The maximum atomic E-state index is 12.4. The second kappa shape index (κ2) is 7.12. The van der Waals surface area contributed by atoms with E-state index in [9.17, 15) is 18.0 Å². The van der Waals surface area contributed by atoms with E-state index < -0.39 is 10.0 Å². The number of benzene rings is 1. The van der Waals surface area contributed by atoms with Crippen LogP contribution in [0.4, 0.5) is 5.69 Å². The van der Waals surface area contributed by atoms with Crippen LogP contribution in [0.1, 0.15) is 36.5 Å². The first-order chi connectivity index (χ1) is 10.8. The summed E-state index contributed by atoms with van der Waals surface area (Å²) in [7, 11) is -3.32. The highest BCUT2D eigenvalue weighted by molar-refractivity contribution is 7.92. The molecule has 1 N–H and O–H groups in total. The summed E-state index contributed by atoms with van der Waals surface area (Å²) in [6, 6.07) is 6.36. The van der Waals surface area contributed by atoms with Crippen LogP contribution in [0.3, 0.4) is 0 Å². The number of likely N-dealkylation sites (tertiary alicyclic amines) is 1. The first-order valence-corrected chi connectivity index (χ1v) is 9.59. The van der Waals surface area contributed by atoms with Gasteiger partial charge >= 0.3 is 0 Å². The van der Waals surface area contributed by atoms with E-state index in [0.29, 0.717) is 43.6 Å². The average Bonchev–Trinajstić information content (AvgIpc) is 2.53. The zero-order valence-corrected chi connectivity index (χ0v) is 14.2. The molecule has 1 heterocycles. The van der Waals surface area contributed by atoms with Crippen LogP contribution >= 0.6 is 0 Å². The molecule has 7 heteroatoms. The molecule has 1 fully saturated rings. The fraction of sp³-hybridized carbons (Fsp3) is 0.500. The van der Waals surface area contributed by atoms with Crippen LogP contribution < -0.4 is 4.72 Å². The molecule has 1 aliphatic heterocycles. The van der Waals surface area contributed by atoms with E-state index in [1.165, 1.54) is 0 Å². The van der Waals surface area contributed by atoms with Crippen molar-refractivity contribution in [2.75, 3.05) is 24.1 Å². The molecule has 1 amide bonds. The van der Waals surface area contributed by atoms with Crippen molar-refractivity contribution >= 4 is 27.4 Å². The largest absolute Gasteiger partial charge is 0.339 e. The van der Waals surface area contributed by atoms with E-state index in [1.807, 2.05) is 6.92 Å². The van der Waals surface area contributed by atoms with Gasteiger partial charge in [-0.05, 0) is 37.1 Å². The number of nitrogens with zero attached hydrogens (tertiary/aromatic N) is 1. The lowest BCUT2D eigenvalue weighted by molar-refractivity contribution is -0.123. The molecule has 0 saturated carbocycles. The molecule has 1 saturated heterocycles. The summed E-state index contributed by atoms with van der Waals surface area (Å²) in [6.07, 6.45) is 3.06. The van der Waals surface area contributed by atoms with E-state index in [4.69, 9.17) is 0 Å². The molecule has 0 radical (unpaired) electrons. The number of hydrogen-bond acceptors (Lipinski definition) is 4. The zero-order valence-electron chi connectivity index (χ0n) is 13.4. The highest BCUT2D eigenvalue weighted by Gasteiger charge is 2.26. The molecule has 0 bridgehead atoms. The van der Waals surface area contributed by atoms with Crippen molar-refractivity contribution in [3.05, 3.63) is 29.8 Å². The molecule has 126 valence electrons. The number of sulfonamides is 1. The van der Waals surface area contributed by atoms with E-state index in [1.54, 1.807) is 29.2 Å². The summed E-state index contributed by atoms with van der Waals surface area (Å²) < 4.78 is 24.7. The second-order valence-corrected chi connectivity index (χ2v) is 7.59. The minimum absolute atomic E-state index is 0.0744. The van der Waals surface area contributed by atoms with Crippen molar-refractivity contribution < 1.29 is 18.0 Å². The molecule has 2 rings (SSSR count). The molecule has 0 aromatic heterocycles. The smallest absolute Gasteiger partial charge is 0.253 e. The van der Waals surface area contributed by atoms with Gasteiger partial charge < -0.3 is 4.90 Å². The van der Waals surface area contributed by atoms with Gasteiger partial charge in [-0.2, -0.15) is 0 Å². The second-order valence-electron chi connectivity index (χ2n) is 5.84. The fourth-order valence-corrected chi connectivity index (χ4v) is 3.33. The average molecular weight is 338 g/mol. The maximum Gasteiger partial charge on any atom is 0.253 e. The van der Waals surface area contributed by atoms with Crippen molar-refractivity contribution in [2.24, 2.45) is 5.92 Å². The third kappa shape index (κ3) is 4.79. The Balaban J connectivity index is 1.97. The first-order valence-electron chi connectivity index (χ1n) is 7.70. The maximum absolute atomic E-state index is 12.4. The topological polar surface area (TPSA) is 83.6 Å². The fourth-order valence-electron chi connectivity index (χ4n) is 2.77. The molecular weight excluding hydrogens is 316 g/mol. The van der Waals surface area contributed by atoms with Crippen molar-refractivity contribution in [2.45, 2.75) is 26.2 Å². The number of Topliss-reactive ketones (excluding diaryl/α,β-unsaturated/α-hetero) is 1. The summed E-state index contributed by atoms with van der Waals surface area (Å²) in [4.78, 5) is 25.9. The highest BCUT2D eigenvalue weighted by atomic mass is 32.2. The normalized spacial score (nSPS) is 16.2. The van der Waals surface area contributed by atoms with Gasteiger partial charge in [0.25, 0.3) is 5.91 Å². The molecule has 0 aliphatic carbocycles. The summed E-state index contributed by atoms with van der Waals surface area (Å²) in [5.41, 5.74) is 0.945. The number of hydrogen-bond donors (Lipinski definition) is 1. The van der Waals surface area contributed by atoms with E-state index >= 15 is 0 Å². The number of anilines is 1. The SMILES string of the molecule is CCC(=O)C1CCN(C(=O)c2ccc(NS(C)(=O)=O)cc2)CC1. The molecule has 1 aromatic carbocycles. The number of carbonyl (C=O) groups is 2. The third-order valence-corrected chi connectivity index (χ3v) is 4.63. The van der Waals surface area contributed by atoms with Crippen LogP contribution in [-0.4, -0.2) is 44.4 Å². The summed E-state index contributed by atoms with van der Waals surface area (Å²) in [5.74, 6) is 0.261. The number of piperidine rings is 1. The molecule has 0 spiro atoms. The first kappa shape index (κ1) is 17.5. The van der Waals surface area contributed by atoms with Crippen LogP contribution in [0.25, 0.3) is 0 Å². The number of ketones is 1. The lowest BCUT2D eigenvalue weighted by atomic mass is 9.91. The Kier molecular flexibility index (Phi) is 5.41. The monoisotopic (exact) mass is 338 g/mol. The van der Waals surface area contributed by atoms with Crippen LogP contribution in [-0.2, 0) is 14.8 Å². The third-order valence-electron chi connectivity index (χ3n) is 4.02. The highest BCUT2D eigenvalue weighted by Crippen LogP contribution is 2.21. The van der Waals surface area contributed by atoms with Gasteiger partial charge in [0.1, 0.15) is 5.78 Å². The van der Waals surface area contributed by atoms with Crippen molar-refractivity contribution in [3.8, 4) is 0 Å². The van der Waals surface area contributed by atoms with Crippen LogP contribution in [0.15, 0.2) is 24.3 Å². The lowest BCUT2D eigenvalue weighted by Crippen LogP contribution is -2.40. The molecular formula is C16H22N2O4S. The van der Waals surface area contributed by atoms with E-state index in [2.05, 4.69) is 4.72 Å². The molecule has 1 aliphatic rings. The predicted molar refractivity (Wildman–Crippen MR) is 88.8 cm³/mol. The summed E-state index contributed by atoms with van der Waals surface area (Å²) in [5, 5.41) is 0. The number of nitrogens with one attached hydrogen (secondary N) is 1. The number of amides is 1. The summed E-state index contributed by atoms with van der Waals surface area (Å²) >= 11 is 0. The Morgan fingerprint density at radius 3 is 2.22 bits per heavy atom. The van der Waals surface area contributed by atoms with Crippen molar-refractivity contribution in [1.82, 2.24) is 4.90 Å². The zero-order chi connectivity index (χ0) is 17.0. The number of carbonyl (C=O) groups excluding carboxylic acids is 2. The Morgan fingerprint density at radius 2 is 1.74 bits per heavy atom. The van der Waals surface area contributed by atoms with E-state index in [-0.39, 0.29) is 17.6 Å². The number of rotatable bonds is 5. The summed E-state index contributed by atoms with van der Waals surface area (Å²) in [6.45, 7) is 3.03. The van der Waals surface area contributed by atoms with Gasteiger partial charge in [-0.3, -0.25) is 14.3 Å². The van der Waals surface area contributed by atoms with Gasteiger partial charge in [0.15, 0.2) is 0 Å². The Bertz CT molecular complexity index is 675. The Hall–Kier alpha value is -1.89. The van der Waals surface area contributed by atoms with Crippen molar-refractivity contribution in [1.29, 1.82) is 0 Å². The van der Waals surface area contributed by atoms with Gasteiger partial charge in [0.2, 0.25) is 10.0 Å². The van der Waals surface area contributed by atoms with Gasteiger partial charge in [-0.1, -0.05) is 6.92 Å². The van der Waals surface area contributed by atoms with Crippen LogP contribution in [0.5, 0.6) is 0 Å². The van der Waals surface area contributed by atoms with Gasteiger partial charge in [-0.25, -0.2) is 8.42 Å². The van der Waals surface area contributed by atoms with Crippen LogP contribution in [0, 0.1) is 5.92 Å². The predicted octanol–water partition coefficient (Wildman–Crippen LogP) is 1.89. The van der Waals surface area contributed by atoms with Crippen LogP contribution in [0.2, 0.25) is 0 Å². The van der Waals surface area contributed by atoms with Gasteiger partial charge in [0, 0.05) is 36.7 Å².